The summed E-state index contributed by atoms with van der Waals surface area (Å²) in [5.41, 5.74) is -0.479. The standard InChI is InChI=1S/C16H30N2O4/c1-11(21-10-17-12(2)19)13-7-6-8-14(9-13)18-15(20)22-16(3,4)5/h11,13-14H,6-10H2,1-5H3,(H,17,19)(H,18,20). The zero-order valence-electron chi connectivity index (χ0n) is 14.4. The maximum absolute atomic E-state index is 11.8. The second-order valence-corrected chi connectivity index (χ2v) is 7.02. The minimum atomic E-state index is -0.479. The molecule has 0 radical (unpaired) electrons. The average molecular weight is 314 g/mol. The highest BCUT2D eigenvalue weighted by molar-refractivity contribution is 5.72. The number of hydrogen-bond acceptors (Lipinski definition) is 4. The summed E-state index contributed by atoms with van der Waals surface area (Å²) in [6.45, 7) is 9.28. The van der Waals surface area contributed by atoms with Gasteiger partial charge in [0.1, 0.15) is 12.3 Å². The molecule has 3 atom stereocenters. The molecule has 1 aliphatic carbocycles. The predicted molar refractivity (Wildman–Crippen MR) is 84.3 cm³/mol. The van der Waals surface area contributed by atoms with Crippen molar-refractivity contribution in [1.82, 2.24) is 10.6 Å². The van der Waals surface area contributed by atoms with Gasteiger partial charge in [-0.15, -0.1) is 0 Å². The topological polar surface area (TPSA) is 76.7 Å². The van der Waals surface area contributed by atoms with Crippen LogP contribution in [0.2, 0.25) is 0 Å². The van der Waals surface area contributed by atoms with Gasteiger partial charge in [-0.2, -0.15) is 0 Å². The SMILES string of the molecule is CC(=O)NCOC(C)C1CCCC(NC(=O)OC(C)(C)C)C1. The van der Waals surface area contributed by atoms with Crippen LogP contribution in [0.4, 0.5) is 4.79 Å². The van der Waals surface area contributed by atoms with Crippen molar-refractivity contribution in [3.05, 3.63) is 0 Å². The van der Waals surface area contributed by atoms with Crippen molar-refractivity contribution in [2.45, 2.75) is 78.0 Å². The van der Waals surface area contributed by atoms with Gasteiger partial charge in [-0.25, -0.2) is 4.79 Å². The summed E-state index contributed by atoms with van der Waals surface area (Å²) in [5, 5.41) is 5.58. The number of nitrogens with one attached hydrogen (secondary N) is 2. The second kappa shape index (κ2) is 8.36. The van der Waals surface area contributed by atoms with Gasteiger partial charge in [-0.05, 0) is 52.9 Å². The van der Waals surface area contributed by atoms with Crippen LogP contribution in [-0.4, -0.2) is 36.5 Å². The molecule has 0 bridgehead atoms. The summed E-state index contributed by atoms with van der Waals surface area (Å²) >= 11 is 0. The van der Waals surface area contributed by atoms with Crippen molar-refractivity contribution in [3.8, 4) is 0 Å². The number of carbonyl (C=O) groups excluding carboxylic acids is 2. The average Bonchev–Trinajstić information content (AvgIpc) is 2.36. The Balaban J connectivity index is 2.37. The summed E-state index contributed by atoms with van der Waals surface area (Å²) in [6, 6.07) is 0.125. The Bertz CT molecular complexity index is 379. The Morgan fingerprint density at radius 3 is 2.55 bits per heavy atom. The van der Waals surface area contributed by atoms with E-state index in [2.05, 4.69) is 10.6 Å². The van der Waals surface area contributed by atoms with Crippen LogP contribution in [0.5, 0.6) is 0 Å². The number of carbonyl (C=O) groups is 2. The molecule has 1 aliphatic rings. The Morgan fingerprint density at radius 1 is 1.27 bits per heavy atom. The maximum atomic E-state index is 11.8. The van der Waals surface area contributed by atoms with E-state index in [1.165, 1.54) is 6.92 Å². The molecular weight excluding hydrogens is 284 g/mol. The number of amides is 2. The fourth-order valence-corrected chi connectivity index (χ4v) is 2.67. The summed E-state index contributed by atoms with van der Waals surface area (Å²) in [5.74, 6) is 0.280. The molecule has 0 aromatic heterocycles. The molecule has 0 aliphatic heterocycles. The molecule has 2 amide bonds. The highest BCUT2D eigenvalue weighted by atomic mass is 16.6. The Hall–Kier alpha value is -1.30. The molecule has 6 nitrogen and oxygen atoms in total. The maximum Gasteiger partial charge on any atom is 0.407 e. The summed E-state index contributed by atoms with van der Waals surface area (Å²) < 4.78 is 10.9. The molecule has 0 saturated heterocycles. The molecule has 0 heterocycles. The third-order valence-electron chi connectivity index (χ3n) is 3.77. The third kappa shape index (κ3) is 7.64. The van der Waals surface area contributed by atoms with Crippen molar-refractivity contribution in [1.29, 1.82) is 0 Å². The van der Waals surface area contributed by atoms with Crippen molar-refractivity contribution in [3.63, 3.8) is 0 Å². The molecule has 0 aromatic rings. The van der Waals surface area contributed by atoms with Gasteiger partial charge in [0, 0.05) is 13.0 Å². The van der Waals surface area contributed by atoms with E-state index in [1.807, 2.05) is 27.7 Å². The van der Waals surface area contributed by atoms with E-state index in [0.717, 1.165) is 25.7 Å². The molecule has 22 heavy (non-hydrogen) atoms. The van der Waals surface area contributed by atoms with Gasteiger partial charge in [0.05, 0.1) is 6.10 Å². The van der Waals surface area contributed by atoms with E-state index in [9.17, 15) is 9.59 Å². The fourth-order valence-electron chi connectivity index (χ4n) is 2.67. The van der Waals surface area contributed by atoms with Crippen LogP contribution in [0.15, 0.2) is 0 Å². The molecule has 6 heteroatoms. The zero-order valence-corrected chi connectivity index (χ0v) is 14.4. The summed E-state index contributed by atoms with van der Waals surface area (Å²) in [4.78, 5) is 22.7. The molecule has 0 spiro atoms. The third-order valence-corrected chi connectivity index (χ3v) is 3.77. The minimum absolute atomic E-state index is 0.0510. The molecule has 1 rings (SSSR count). The Labute approximate surface area is 133 Å². The van der Waals surface area contributed by atoms with Crippen LogP contribution in [-0.2, 0) is 14.3 Å². The molecule has 3 unspecified atom stereocenters. The monoisotopic (exact) mass is 314 g/mol. The molecule has 1 saturated carbocycles. The van der Waals surface area contributed by atoms with Crippen molar-refractivity contribution in [2.75, 3.05) is 6.73 Å². The van der Waals surface area contributed by atoms with E-state index >= 15 is 0 Å². The van der Waals surface area contributed by atoms with E-state index in [1.54, 1.807) is 0 Å². The van der Waals surface area contributed by atoms with Crippen LogP contribution in [0.1, 0.15) is 60.3 Å². The molecule has 2 N–H and O–H groups in total. The molecule has 0 aromatic carbocycles. The lowest BCUT2D eigenvalue weighted by Crippen LogP contribution is -2.43. The normalized spacial score (nSPS) is 23.5. The lowest BCUT2D eigenvalue weighted by molar-refractivity contribution is -0.121. The summed E-state index contributed by atoms with van der Waals surface area (Å²) in [6.07, 6.45) is 3.67. The first-order chi connectivity index (χ1) is 10.2. The molecular formula is C16H30N2O4. The van der Waals surface area contributed by atoms with Crippen LogP contribution in [0.25, 0.3) is 0 Å². The van der Waals surface area contributed by atoms with Crippen LogP contribution < -0.4 is 10.6 Å². The first kappa shape index (κ1) is 18.7. The van der Waals surface area contributed by atoms with E-state index < -0.39 is 5.60 Å². The van der Waals surface area contributed by atoms with Gasteiger partial charge in [0.25, 0.3) is 0 Å². The van der Waals surface area contributed by atoms with Gasteiger partial charge >= 0.3 is 6.09 Å². The lowest BCUT2D eigenvalue weighted by atomic mass is 9.83. The second-order valence-electron chi connectivity index (χ2n) is 7.02. The smallest absolute Gasteiger partial charge is 0.407 e. The van der Waals surface area contributed by atoms with Gasteiger partial charge in [-0.1, -0.05) is 6.42 Å². The van der Waals surface area contributed by atoms with Gasteiger partial charge in [0.2, 0.25) is 5.91 Å². The summed E-state index contributed by atoms with van der Waals surface area (Å²) in [7, 11) is 0. The fraction of sp³-hybridized carbons (Fsp3) is 0.875. The van der Waals surface area contributed by atoms with Crippen molar-refractivity contribution in [2.24, 2.45) is 5.92 Å². The van der Waals surface area contributed by atoms with Crippen molar-refractivity contribution >= 4 is 12.0 Å². The number of rotatable bonds is 5. The Kier molecular flexibility index (Phi) is 7.13. The predicted octanol–water partition coefficient (Wildman–Crippen LogP) is 2.57. The van der Waals surface area contributed by atoms with Gasteiger partial charge < -0.3 is 20.1 Å². The number of ether oxygens (including phenoxy) is 2. The lowest BCUT2D eigenvalue weighted by Gasteiger charge is -2.33. The van der Waals surface area contributed by atoms with Gasteiger partial charge in [-0.3, -0.25) is 4.79 Å². The van der Waals surface area contributed by atoms with Crippen molar-refractivity contribution < 1.29 is 19.1 Å². The zero-order chi connectivity index (χ0) is 16.8. The highest BCUT2D eigenvalue weighted by Gasteiger charge is 2.28. The Morgan fingerprint density at radius 2 is 1.95 bits per heavy atom. The minimum Gasteiger partial charge on any atom is -0.444 e. The first-order valence-corrected chi connectivity index (χ1v) is 8.03. The highest BCUT2D eigenvalue weighted by Crippen LogP contribution is 2.28. The van der Waals surface area contributed by atoms with E-state index in [0.29, 0.717) is 5.92 Å². The molecule has 128 valence electrons. The van der Waals surface area contributed by atoms with Crippen LogP contribution in [0.3, 0.4) is 0 Å². The first-order valence-electron chi connectivity index (χ1n) is 8.03. The van der Waals surface area contributed by atoms with Crippen LogP contribution in [0, 0.1) is 5.92 Å². The van der Waals surface area contributed by atoms with E-state index in [-0.39, 0.29) is 30.9 Å². The quantitative estimate of drug-likeness (QED) is 0.765. The number of alkyl carbamates (subject to hydrolysis) is 1. The van der Waals surface area contributed by atoms with Crippen LogP contribution >= 0.6 is 0 Å². The van der Waals surface area contributed by atoms with E-state index in [4.69, 9.17) is 9.47 Å². The number of hydrogen-bond donors (Lipinski definition) is 2. The molecule has 1 fully saturated rings. The largest absolute Gasteiger partial charge is 0.444 e. The van der Waals surface area contributed by atoms with Gasteiger partial charge in [0.15, 0.2) is 0 Å².